The van der Waals surface area contributed by atoms with Crippen LogP contribution >= 0.6 is 11.8 Å². The summed E-state index contributed by atoms with van der Waals surface area (Å²) in [4.78, 5) is 0. The first-order valence-electron chi connectivity index (χ1n) is 7.85. The summed E-state index contributed by atoms with van der Waals surface area (Å²) in [6.07, 6.45) is -9.28. The van der Waals surface area contributed by atoms with Crippen LogP contribution in [0.3, 0.4) is 0 Å². The second-order valence-electron chi connectivity index (χ2n) is 5.95. The van der Waals surface area contributed by atoms with Gasteiger partial charge in [0.1, 0.15) is 24.4 Å². The first kappa shape index (κ1) is 21.3. The summed E-state index contributed by atoms with van der Waals surface area (Å²) < 4.78 is 20.9. The van der Waals surface area contributed by atoms with E-state index in [1.807, 2.05) is 0 Å². The molecule has 2 aliphatic rings. The monoisotopic (exact) mass is 386 g/mol. The van der Waals surface area contributed by atoms with Gasteiger partial charge in [0, 0.05) is 14.2 Å². The van der Waals surface area contributed by atoms with E-state index >= 15 is 0 Å². The van der Waals surface area contributed by atoms with Crippen molar-refractivity contribution < 1.29 is 49.6 Å². The summed E-state index contributed by atoms with van der Waals surface area (Å²) in [7, 11) is 2.65. The van der Waals surface area contributed by atoms with E-state index in [9.17, 15) is 30.6 Å². The van der Waals surface area contributed by atoms with Crippen LogP contribution in [0.15, 0.2) is 0 Å². The predicted octanol–water partition coefficient (Wildman–Crippen LogP) is -3.37. The molecule has 148 valence electrons. The van der Waals surface area contributed by atoms with Crippen LogP contribution in [0.4, 0.5) is 0 Å². The van der Waals surface area contributed by atoms with Crippen LogP contribution in [0.25, 0.3) is 0 Å². The highest BCUT2D eigenvalue weighted by Gasteiger charge is 2.51. The van der Waals surface area contributed by atoms with Crippen LogP contribution in [0.5, 0.6) is 0 Å². The highest BCUT2D eigenvalue weighted by atomic mass is 32.2. The van der Waals surface area contributed by atoms with E-state index in [2.05, 4.69) is 0 Å². The van der Waals surface area contributed by atoms with Gasteiger partial charge in [-0.2, -0.15) is 0 Å². The molecular formula is C14H26O10S. The number of hydrogen-bond acceptors (Lipinski definition) is 11. The first-order valence-corrected chi connectivity index (χ1v) is 8.79. The summed E-state index contributed by atoms with van der Waals surface area (Å²) in [5.41, 5.74) is 0. The Bertz CT molecular complexity index is 397. The number of thioether (sulfide) groups is 1. The molecule has 6 N–H and O–H groups in total. The van der Waals surface area contributed by atoms with Gasteiger partial charge < -0.3 is 49.6 Å². The molecule has 0 radical (unpaired) electrons. The third-order valence-electron chi connectivity index (χ3n) is 4.43. The molecule has 0 aromatic carbocycles. The van der Waals surface area contributed by atoms with Gasteiger partial charge in [-0.05, 0) is 0 Å². The van der Waals surface area contributed by atoms with Crippen LogP contribution in [0.1, 0.15) is 0 Å². The number of hydrogen-bond donors (Lipinski definition) is 6. The molecule has 0 aliphatic carbocycles. The molecule has 2 saturated heterocycles. The molecule has 0 aromatic heterocycles. The van der Waals surface area contributed by atoms with E-state index in [1.165, 1.54) is 14.2 Å². The summed E-state index contributed by atoms with van der Waals surface area (Å²) >= 11 is 0.940. The molecule has 0 unspecified atom stereocenters. The van der Waals surface area contributed by atoms with Gasteiger partial charge in [-0.25, -0.2) is 0 Å². The molecule has 0 bridgehead atoms. The molecule has 0 amide bonds. The molecule has 11 heteroatoms. The van der Waals surface area contributed by atoms with E-state index in [0.717, 1.165) is 11.8 Å². The van der Waals surface area contributed by atoms with Gasteiger partial charge in [0.25, 0.3) is 0 Å². The largest absolute Gasteiger partial charge is 0.394 e. The van der Waals surface area contributed by atoms with Gasteiger partial charge in [0.05, 0.1) is 35.9 Å². The summed E-state index contributed by atoms with van der Waals surface area (Å²) in [5.74, 6) is 0. The van der Waals surface area contributed by atoms with Gasteiger partial charge in [0.2, 0.25) is 0 Å². The molecular weight excluding hydrogens is 360 g/mol. The normalized spacial score (nSPS) is 48.5. The number of rotatable bonds is 6. The molecule has 0 spiro atoms. The number of ether oxygens (including phenoxy) is 4. The van der Waals surface area contributed by atoms with Gasteiger partial charge >= 0.3 is 0 Å². The Morgan fingerprint density at radius 2 is 1.24 bits per heavy atom. The SMILES string of the molecule is CO[C@@H]1O[C@H](CO)[C@@H](O)[C@@H](S[C@@H]2[C@H](OC)O[C@H](CO)[C@@H](O)[C@@H]2O)[C@H]1O. The van der Waals surface area contributed by atoms with Gasteiger partial charge in [-0.3, -0.25) is 0 Å². The van der Waals surface area contributed by atoms with E-state index < -0.39 is 72.9 Å². The first-order chi connectivity index (χ1) is 11.9. The minimum absolute atomic E-state index is 0.489. The summed E-state index contributed by atoms with van der Waals surface area (Å²) in [6.45, 7) is -0.992. The van der Waals surface area contributed by atoms with Crippen molar-refractivity contribution in [3.63, 3.8) is 0 Å². The van der Waals surface area contributed by atoms with Crippen LogP contribution < -0.4 is 0 Å². The third kappa shape index (κ3) is 4.28. The molecule has 2 heterocycles. The molecule has 2 fully saturated rings. The Morgan fingerprint density at radius 1 is 0.720 bits per heavy atom. The number of methoxy groups -OCH3 is 2. The van der Waals surface area contributed by atoms with Crippen molar-refractivity contribution in [2.24, 2.45) is 0 Å². The van der Waals surface area contributed by atoms with Crippen molar-refractivity contribution in [1.29, 1.82) is 0 Å². The molecule has 10 nitrogen and oxygen atoms in total. The van der Waals surface area contributed by atoms with Gasteiger partial charge in [-0.15, -0.1) is 11.8 Å². The second kappa shape index (κ2) is 9.24. The zero-order valence-corrected chi connectivity index (χ0v) is 14.7. The van der Waals surface area contributed by atoms with Crippen molar-refractivity contribution in [2.75, 3.05) is 27.4 Å². The van der Waals surface area contributed by atoms with Gasteiger partial charge in [-0.1, -0.05) is 0 Å². The highest BCUT2D eigenvalue weighted by Crippen LogP contribution is 2.38. The zero-order chi connectivity index (χ0) is 18.7. The quantitative estimate of drug-likeness (QED) is 0.271. The van der Waals surface area contributed by atoms with E-state index in [-0.39, 0.29) is 0 Å². The molecule has 2 aliphatic heterocycles. The fraction of sp³-hybridized carbons (Fsp3) is 1.00. The van der Waals surface area contributed by atoms with Crippen molar-refractivity contribution in [3.05, 3.63) is 0 Å². The lowest BCUT2D eigenvalue weighted by atomic mass is 10.0. The van der Waals surface area contributed by atoms with Crippen molar-refractivity contribution >= 4 is 11.8 Å². The lowest BCUT2D eigenvalue weighted by molar-refractivity contribution is -0.259. The maximum absolute atomic E-state index is 10.4. The third-order valence-corrected chi connectivity index (χ3v) is 6.11. The van der Waals surface area contributed by atoms with Gasteiger partial charge in [0.15, 0.2) is 12.6 Å². The fourth-order valence-corrected chi connectivity index (χ4v) is 4.59. The minimum Gasteiger partial charge on any atom is -0.394 e. The molecule has 0 saturated carbocycles. The van der Waals surface area contributed by atoms with Crippen LogP contribution in [-0.4, -0.2) is 118 Å². The van der Waals surface area contributed by atoms with Crippen LogP contribution in [0.2, 0.25) is 0 Å². The smallest absolute Gasteiger partial charge is 0.184 e. The molecule has 25 heavy (non-hydrogen) atoms. The average Bonchev–Trinajstić information content (AvgIpc) is 2.62. The maximum Gasteiger partial charge on any atom is 0.184 e. The molecule has 2 rings (SSSR count). The second-order valence-corrected chi connectivity index (χ2v) is 7.31. The zero-order valence-electron chi connectivity index (χ0n) is 13.9. The van der Waals surface area contributed by atoms with E-state index in [4.69, 9.17) is 18.9 Å². The standard InChI is InChI=1S/C14H26O10S/c1-21-13-10(20)11(8(18)6(4-16)23-13)25-12-9(19)7(17)5(3-15)24-14(12)22-2/h5-20H,3-4H2,1-2H3/t5-,6-,7-,8-,9+,10-,11-,12+,13-,14-/m1/s1. The number of aliphatic hydroxyl groups excluding tert-OH is 6. The maximum atomic E-state index is 10.4. The minimum atomic E-state index is -1.37. The Hall–Kier alpha value is -0.0500. The Labute approximate surface area is 149 Å². The van der Waals surface area contributed by atoms with Crippen LogP contribution in [0, 0.1) is 0 Å². The Morgan fingerprint density at radius 3 is 1.76 bits per heavy atom. The van der Waals surface area contributed by atoms with E-state index in [0.29, 0.717) is 0 Å². The Balaban J connectivity index is 2.18. The van der Waals surface area contributed by atoms with Crippen molar-refractivity contribution in [2.45, 2.75) is 59.7 Å². The number of aliphatic hydroxyl groups is 6. The average molecular weight is 386 g/mol. The summed E-state index contributed by atoms with van der Waals surface area (Å²) in [5, 5.41) is 58.0. The van der Waals surface area contributed by atoms with E-state index in [1.54, 1.807) is 0 Å². The molecule has 0 aromatic rings. The lowest BCUT2D eigenvalue weighted by Crippen LogP contribution is -2.62. The van der Waals surface area contributed by atoms with Crippen molar-refractivity contribution in [3.8, 4) is 0 Å². The fourth-order valence-electron chi connectivity index (χ4n) is 2.98. The summed E-state index contributed by atoms with van der Waals surface area (Å²) in [6, 6.07) is 0. The van der Waals surface area contributed by atoms with Crippen LogP contribution in [-0.2, 0) is 18.9 Å². The molecule has 10 atom stereocenters. The predicted molar refractivity (Wildman–Crippen MR) is 84.7 cm³/mol. The highest BCUT2D eigenvalue weighted by molar-refractivity contribution is 8.00. The van der Waals surface area contributed by atoms with Crippen molar-refractivity contribution in [1.82, 2.24) is 0 Å². The topological polar surface area (TPSA) is 158 Å². The lowest BCUT2D eigenvalue weighted by Gasteiger charge is -2.46. The Kier molecular flexibility index (Phi) is 7.85.